The van der Waals surface area contributed by atoms with Gasteiger partial charge in [0.05, 0.1) is 0 Å². The molecule has 1 aromatic heterocycles. The molecule has 0 unspecified atom stereocenters. The SMILES string of the molecule is CC(=O)NC1=NN(C(C)=O)[C@H](c2ccc(-c3ccc(Cl)cc3)o2)S1. The van der Waals surface area contributed by atoms with Crippen LogP contribution in [-0.2, 0) is 9.59 Å². The lowest BCUT2D eigenvalue weighted by atomic mass is 10.2. The van der Waals surface area contributed by atoms with Crippen molar-refractivity contribution in [2.75, 3.05) is 0 Å². The number of hydrogen-bond acceptors (Lipinski definition) is 5. The van der Waals surface area contributed by atoms with Crippen molar-refractivity contribution >= 4 is 40.3 Å². The van der Waals surface area contributed by atoms with Gasteiger partial charge in [-0.3, -0.25) is 9.59 Å². The van der Waals surface area contributed by atoms with Gasteiger partial charge in [-0.05, 0) is 36.4 Å². The summed E-state index contributed by atoms with van der Waals surface area (Å²) in [6.45, 7) is 2.80. The van der Waals surface area contributed by atoms with Crippen LogP contribution in [0.1, 0.15) is 25.0 Å². The maximum atomic E-state index is 11.8. The van der Waals surface area contributed by atoms with Crippen LogP contribution in [0.4, 0.5) is 0 Å². The summed E-state index contributed by atoms with van der Waals surface area (Å²) in [5, 5.41) is 8.58. The minimum Gasteiger partial charge on any atom is -0.458 e. The normalized spacial score (nSPS) is 16.9. The first-order valence-corrected chi connectivity index (χ1v) is 8.38. The molecule has 124 valence electrons. The number of rotatable bonds is 2. The van der Waals surface area contributed by atoms with E-state index in [9.17, 15) is 9.59 Å². The molecule has 1 atom stereocenters. The van der Waals surface area contributed by atoms with E-state index in [1.807, 2.05) is 18.2 Å². The molecule has 0 bridgehead atoms. The molecule has 0 radical (unpaired) electrons. The molecule has 6 nitrogen and oxygen atoms in total. The average molecular weight is 364 g/mol. The zero-order valence-electron chi connectivity index (χ0n) is 12.9. The number of carbonyl (C=O) groups excluding carboxylic acids is 2. The number of amidine groups is 1. The molecule has 1 aromatic carbocycles. The number of nitrogens with one attached hydrogen (secondary N) is 1. The van der Waals surface area contributed by atoms with Crippen LogP contribution in [0.15, 0.2) is 45.9 Å². The molecule has 1 N–H and O–H groups in total. The number of nitrogens with zero attached hydrogens (tertiary/aromatic N) is 2. The third-order valence-electron chi connectivity index (χ3n) is 3.25. The predicted molar refractivity (Wildman–Crippen MR) is 93.3 cm³/mol. The molecule has 8 heteroatoms. The van der Waals surface area contributed by atoms with Crippen LogP contribution >= 0.6 is 23.4 Å². The van der Waals surface area contributed by atoms with E-state index in [1.165, 1.54) is 30.6 Å². The number of hydrazone groups is 1. The lowest BCUT2D eigenvalue weighted by Crippen LogP contribution is -2.25. The Morgan fingerprint density at radius 2 is 1.92 bits per heavy atom. The summed E-state index contributed by atoms with van der Waals surface area (Å²) < 4.78 is 5.88. The van der Waals surface area contributed by atoms with Gasteiger partial charge < -0.3 is 9.73 Å². The highest BCUT2D eigenvalue weighted by atomic mass is 35.5. The van der Waals surface area contributed by atoms with Gasteiger partial charge in [0.2, 0.25) is 11.8 Å². The van der Waals surface area contributed by atoms with Gasteiger partial charge in [-0.25, -0.2) is 5.01 Å². The smallest absolute Gasteiger partial charge is 0.241 e. The monoisotopic (exact) mass is 363 g/mol. The van der Waals surface area contributed by atoms with Crippen LogP contribution in [0, 0.1) is 0 Å². The number of thioether (sulfide) groups is 1. The Kier molecular flexibility index (Phi) is 4.64. The summed E-state index contributed by atoms with van der Waals surface area (Å²) >= 11 is 7.14. The molecule has 0 aliphatic carbocycles. The Hall–Kier alpha value is -2.25. The summed E-state index contributed by atoms with van der Waals surface area (Å²) in [4.78, 5) is 23.0. The summed E-state index contributed by atoms with van der Waals surface area (Å²) in [7, 11) is 0. The van der Waals surface area contributed by atoms with Gasteiger partial charge in [-0.15, -0.1) is 5.10 Å². The van der Waals surface area contributed by atoms with Crippen LogP contribution in [0.3, 0.4) is 0 Å². The van der Waals surface area contributed by atoms with E-state index in [1.54, 1.807) is 18.2 Å². The predicted octanol–water partition coefficient (Wildman–Crippen LogP) is 3.60. The average Bonchev–Trinajstić information content (AvgIpc) is 3.14. The van der Waals surface area contributed by atoms with Crippen LogP contribution in [-0.4, -0.2) is 22.0 Å². The number of benzene rings is 1. The fourth-order valence-electron chi connectivity index (χ4n) is 2.20. The molecule has 1 aliphatic rings. The molecule has 24 heavy (non-hydrogen) atoms. The zero-order valence-corrected chi connectivity index (χ0v) is 14.5. The number of furan rings is 1. The van der Waals surface area contributed by atoms with E-state index in [0.29, 0.717) is 21.7 Å². The van der Waals surface area contributed by atoms with Crippen LogP contribution in [0.2, 0.25) is 5.02 Å². The van der Waals surface area contributed by atoms with Crippen molar-refractivity contribution in [1.29, 1.82) is 0 Å². The van der Waals surface area contributed by atoms with E-state index in [-0.39, 0.29) is 11.8 Å². The summed E-state index contributed by atoms with van der Waals surface area (Å²) in [5.41, 5.74) is 0.881. The van der Waals surface area contributed by atoms with Crippen molar-refractivity contribution in [2.45, 2.75) is 19.2 Å². The van der Waals surface area contributed by atoms with Crippen molar-refractivity contribution in [3.05, 3.63) is 47.2 Å². The van der Waals surface area contributed by atoms with Crippen molar-refractivity contribution in [3.8, 4) is 11.3 Å². The number of carbonyl (C=O) groups is 2. The maximum Gasteiger partial charge on any atom is 0.241 e. The fraction of sp³-hybridized carbons (Fsp3) is 0.188. The molecule has 0 saturated carbocycles. The van der Waals surface area contributed by atoms with E-state index < -0.39 is 5.37 Å². The molecular weight excluding hydrogens is 350 g/mol. The highest BCUT2D eigenvalue weighted by molar-refractivity contribution is 8.14. The minimum absolute atomic E-state index is 0.239. The summed E-state index contributed by atoms with van der Waals surface area (Å²) in [6, 6.07) is 10.9. The molecule has 0 fully saturated rings. The Bertz CT molecular complexity index is 816. The minimum atomic E-state index is -0.453. The Labute approximate surface area is 147 Å². The van der Waals surface area contributed by atoms with Crippen molar-refractivity contribution in [1.82, 2.24) is 10.3 Å². The highest BCUT2D eigenvalue weighted by Gasteiger charge is 2.34. The van der Waals surface area contributed by atoms with Gasteiger partial charge in [0.25, 0.3) is 0 Å². The van der Waals surface area contributed by atoms with Gasteiger partial charge in [-0.1, -0.05) is 23.4 Å². The Balaban J connectivity index is 1.85. The highest BCUT2D eigenvalue weighted by Crippen LogP contribution is 2.40. The van der Waals surface area contributed by atoms with Crippen LogP contribution in [0.25, 0.3) is 11.3 Å². The second-order valence-corrected chi connectivity index (χ2v) is 6.63. The first-order valence-electron chi connectivity index (χ1n) is 7.12. The molecule has 2 heterocycles. The second-order valence-electron chi connectivity index (χ2n) is 5.13. The molecule has 1 aliphatic heterocycles. The number of hydrogen-bond donors (Lipinski definition) is 1. The molecule has 0 saturated heterocycles. The summed E-state index contributed by atoms with van der Waals surface area (Å²) in [6.07, 6.45) is 0. The van der Waals surface area contributed by atoms with Gasteiger partial charge >= 0.3 is 0 Å². The van der Waals surface area contributed by atoms with E-state index >= 15 is 0 Å². The molecule has 0 spiro atoms. The van der Waals surface area contributed by atoms with Crippen LogP contribution < -0.4 is 5.32 Å². The Morgan fingerprint density at radius 1 is 1.21 bits per heavy atom. The molecule has 3 rings (SSSR count). The van der Waals surface area contributed by atoms with E-state index in [2.05, 4.69) is 10.4 Å². The first-order chi connectivity index (χ1) is 11.4. The second kappa shape index (κ2) is 6.70. The van der Waals surface area contributed by atoms with Crippen molar-refractivity contribution in [2.24, 2.45) is 5.10 Å². The van der Waals surface area contributed by atoms with Crippen molar-refractivity contribution in [3.63, 3.8) is 0 Å². The lowest BCUT2D eigenvalue weighted by molar-refractivity contribution is -0.129. The lowest BCUT2D eigenvalue weighted by Gasteiger charge is -2.16. The van der Waals surface area contributed by atoms with Gasteiger partial charge in [0, 0.05) is 24.4 Å². The number of halogens is 1. The third kappa shape index (κ3) is 3.47. The van der Waals surface area contributed by atoms with E-state index in [0.717, 1.165) is 5.56 Å². The first kappa shape index (κ1) is 16.6. The Morgan fingerprint density at radius 3 is 2.54 bits per heavy atom. The third-order valence-corrected chi connectivity index (χ3v) is 4.56. The molecular formula is C16H14ClN3O3S. The van der Waals surface area contributed by atoms with Crippen LogP contribution in [0.5, 0.6) is 0 Å². The maximum absolute atomic E-state index is 11.8. The fourth-order valence-corrected chi connectivity index (χ4v) is 3.42. The summed E-state index contributed by atoms with van der Waals surface area (Å²) in [5.74, 6) is 0.756. The molecule has 2 amide bonds. The van der Waals surface area contributed by atoms with Gasteiger partial charge in [0.15, 0.2) is 10.5 Å². The van der Waals surface area contributed by atoms with E-state index in [4.69, 9.17) is 16.0 Å². The van der Waals surface area contributed by atoms with Crippen molar-refractivity contribution < 1.29 is 14.0 Å². The number of amides is 2. The molecule has 2 aromatic rings. The standard InChI is InChI=1S/C16H14ClN3O3S/c1-9(21)18-16-19-20(10(2)22)15(24-16)14-8-7-13(23-14)11-3-5-12(17)6-4-11/h3-8,15H,1-2H3,(H,18,19,21)/t15-/m0/s1. The topological polar surface area (TPSA) is 74.9 Å². The zero-order chi connectivity index (χ0) is 17.3. The van der Waals surface area contributed by atoms with Gasteiger partial charge in [0.1, 0.15) is 11.5 Å². The van der Waals surface area contributed by atoms with Gasteiger partial charge in [-0.2, -0.15) is 0 Å². The quantitative estimate of drug-likeness (QED) is 0.884. The largest absolute Gasteiger partial charge is 0.458 e.